The van der Waals surface area contributed by atoms with E-state index in [9.17, 15) is 4.79 Å². The summed E-state index contributed by atoms with van der Waals surface area (Å²) < 4.78 is 5.42. The van der Waals surface area contributed by atoms with E-state index in [0.29, 0.717) is 6.61 Å². The van der Waals surface area contributed by atoms with Crippen LogP contribution in [0, 0.1) is 0 Å². The van der Waals surface area contributed by atoms with Crippen LogP contribution < -0.4 is 5.32 Å². The molecule has 3 nitrogen and oxygen atoms in total. The van der Waals surface area contributed by atoms with E-state index < -0.39 is 0 Å². The summed E-state index contributed by atoms with van der Waals surface area (Å²) in [5.74, 6) is -0.0250. The maximum absolute atomic E-state index is 12.1. The lowest BCUT2D eigenvalue weighted by atomic mass is 10.1. The Balaban J connectivity index is 1.57. The molecule has 0 radical (unpaired) electrons. The average Bonchev–Trinajstić information content (AvgIpc) is 3.14. The minimum Gasteiger partial charge on any atom is -0.368 e. The third-order valence-corrected chi connectivity index (χ3v) is 4.28. The number of benzene rings is 2. The monoisotopic (exact) mass is 279 g/mol. The maximum Gasteiger partial charge on any atom is 0.253 e. The molecule has 2 aliphatic rings. The molecule has 106 valence electrons. The smallest absolute Gasteiger partial charge is 0.253 e. The van der Waals surface area contributed by atoms with Crippen LogP contribution in [-0.4, -0.2) is 18.6 Å². The lowest BCUT2D eigenvalue weighted by Gasteiger charge is -2.11. The van der Waals surface area contributed by atoms with Crippen molar-refractivity contribution in [3.63, 3.8) is 0 Å². The standard InChI is InChI=1S/C18H17NO2/c20-18(17-6-3-9-21-17)19-14-7-8-16-13(11-14)10-12-4-1-2-5-15(12)16/h1-2,4-5,7-8,11,17H,3,6,9-10H2,(H,19,20)/t17-/m0/s1. The molecule has 3 heteroatoms. The van der Waals surface area contributed by atoms with Gasteiger partial charge in [-0.2, -0.15) is 0 Å². The van der Waals surface area contributed by atoms with Gasteiger partial charge in [-0.15, -0.1) is 0 Å². The molecular weight excluding hydrogens is 262 g/mol. The van der Waals surface area contributed by atoms with Gasteiger partial charge >= 0.3 is 0 Å². The average molecular weight is 279 g/mol. The third-order valence-electron chi connectivity index (χ3n) is 4.28. The molecule has 2 aromatic carbocycles. The van der Waals surface area contributed by atoms with E-state index in [1.165, 1.54) is 22.3 Å². The molecule has 1 saturated heterocycles. The predicted molar refractivity (Wildman–Crippen MR) is 82.3 cm³/mol. The van der Waals surface area contributed by atoms with Gasteiger partial charge in [0.1, 0.15) is 6.10 Å². The van der Waals surface area contributed by atoms with Crippen molar-refractivity contribution in [1.82, 2.24) is 0 Å². The second-order valence-electron chi connectivity index (χ2n) is 5.70. The first-order chi connectivity index (χ1) is 10.3. The van der Waals surface area contributed by atoms with Crippen LogP contribution in [0.25, 0.3) is 11.1 Å². The van der Waals surface area contributed by atoms with E-state index in [-0.39, 0.29) is 12.0 Å². The number of hydrogen-bond donors (Lipinski definition) is 1. The summed E-state index contributed by atoms with van der Waals surface area (Å²) in [5.41, 5.74) is 6.09. The molecule has 1 amide bonds. The maximum atomic E-state index is 12.1. The van der Waals surface area contributed by atoms with Gasteiger partial charge in [-0.1, -0.05) is 30.3 Å². The molecule has 1 fully saturated rings. The Bertz CT molecular complexity index is 702. The summed E-state index contributed by atoms with van der Waals surface area (Å²) in [6.45, 7) is 0.692. The van der Waals surface area contributed by atoms with Crippen LogP contribution in [0.4, 0.5) is 5.69 Å². The Morgan fingerprint density at radius 1 is 1.10 bits per heavy atom. The van der Waals surface area contributed by atoms with Crippen LogP contribution in [0.5, 0.6) is 0 Å². The Hall–Kier alpha value is -2.13. The van der Waals surface area contributed by atoms with E-state index in [4.69, 9.17) is 4.74 Å². The number of hydrogen-bond acceptors (Lipinski definition) is 2. The molecule has 1 atom stereocenters. The Morgan fingerprint density at radius 2 is 1.95 bits per heavy atom. The lowest BCUT2D eigenvalue weighted by molar-refractivity contribution is -0.124. The highest BCUT2D eigenvalue weighted by atomic mass is 16.5. The van der Waals surface area contributed by atoms with E-state index in [1.807, 2.05) is 6.07 Å². The molecule has 0 bridgehead atoms. The summed E-state index contributed by atoms with van der Waals surface area (Å²) in [7, 11) is 0. The Morgan fingerprint density at radius 3 is 2.81 bits per heavy atom. The van der Waals surface area contributed by atoms with Crippen molar-refractivity contribution >= 4 is 11.6 Å². The fourth-order valence-electron chi connectivity index (χ4n) is 3.23. The van der Waals surface area contributed by atoms with E-state index in [1.54, 1.807) is 0 Å². The highest BCUT2D eigenvalue weighted by Crippen LogP contribution is 2.37. The zero-order valence-electron chi connectivity index (χ0n) is 11.8. The van der Waals surface area contributed by atoms with E-state index >= 15 is 0 Å². The van der Waals surface area contributed by atoms with Crippen LogP contribution >= 0.6 is 0 Å². The SMILES string of the molecule is O=C(Nc1ccc2c(c1)Cc1ccccc1-2)[C@@H]1CCCO1. The molecule has 4 rings (SSSR count). The van der Waals surface area contributed by atoms with Gasteiger partial charge in [-0.25, -0.2) is 0 Å². The van der Waals surface area contributed by atoms with Crippen molar-refractivity contribution in [3.05, 3.63) is 53.6 Å². The van der Waals surface area contributed by atoms with Crippen molar-refractivity contribution in [3.8, 4) is 11.1 Å². The quantitative estimate of drug-likeness (QED) is 0.781. The number of rotatable bonds is 2. The number of ether oxygens (including phenoxy) is 1. The number of carbonyl (C=O) groups excluding carboxylic acids is 1. The van der Waals surface area contributed by atoms with Crippen LogP contribution in [-0.2, 0) is 16.0 Å². The molecule has 1 heterocycles. The first-order valence-corrected chi connectivity index (χ1v) is 7.45. The van der Waals surface area contributed by atoms with Gasteiger partial charge in [0.15, 0.2) is 0 Å². The van der Waals surface area contributed by atoms with Crippen LogP contribution in [0.1, 0.15) is 24.0 Å². The van der Waals surface area contributed by atoms with Crippen molar-refractivity contribution < 1.29 is 9.53 Å². The van der Waals surface area contributed by atoms with Gasteiger partial charge in [0.2, 0.25) is 0 Å². The predicted octanol–water partition coefficient (Wildman–Crippen LogP) is 3.38. The van der Waals surface area contributed by atoms with Crippen LogP contribution in [0.3, 0.4) is 0 Å². The molecule has 1 aliphatic carbocycles. The molecular formula is C18H17NO2. The number of fused-ring (bicyclic) bond motifs is 3. The summed E-state index contributed by atoms with van der Waals surface area (Å²) >= 11 is 0. The number of nitrogens with one attached hydrogen (secondary N) is 1. The van der Waals surface area contributed by atoms with Gasteiger partial charge in [-0.3, -0.25) is 4.79 Å². The fourth-order valence-corrected chi connectivity index (χ4v) is 3.23. The largest absolute Gasteiger partial charge is 0.368 e. The molecule has 0 aromatic heterocycles. The molecule has 1 N–H and O–H groups in total. The molecule has 0 saturated carbocycles. The van der Waals surface area contributed by atoms with Gasteiger partial charge in [0.25, 0.3) is 5.91 Å². The highest BCUT2D eigenvalue weighted by molar-refractivity contribution is 5.95. The lowest BCUT2D eigenvalue weighted by Crippen LogP contribution is -2.26. The Labute approximate surface area is 123 Å². The Kier molecular flexibility index (Phi) is 3.00. The fraction of sp³-hybridized carbons (Fsp3) is 0.278. The summed E-state index contributed by atoms with van der Waals surface area (Å²) in [5, 5.41) is 2.98. The zero-order valence-corrected chi connectivity index (χ0v) is 11.8. The van der Waals surface area contributed by atoms with Crippen molar-refractivity contribution in [2.24, 2.45) is 0 Å². The van der Waals surface area contributed by atoms with Gasteiger partial charge < -0.3 is 10.1 Å². The summed E-state index contributed by atoms with van der Waals surface area (Å²) in [4.78, 5) is 12.1. The summed E-state index contributed by atoms with van der Waals surface area (Å²) in [6.07, 6.45) is 2.45. The normalized spacial score (nSPS) is 19.1. The van der Waals surface area contributed by atoms with Gasteiger partial charge in [0.05, 0.1) is 0 Å². The van der Waals surface area contributed by atoms with Crippen LogP contribution in [0.2, 0.25) is 0 Å². The van der Waals surface area contributed by atoms with E-state index in [0.717, 1.165) is 24.9 Å². The second kappa shape index (κ2) is 5.01. The zero-order chi connectivity index (χ0) is 14.2. The molecule has 1 aliphatic heterocycles. The summed E-state index contributed by atoms with van der Waals surface area (Å²) in [6, 6.07) is 14.6. The minimum atomic E-state index is -0.282. The van der Waals surface area contributed by atoms with Gasteiger partial charge in [0, 0.05) is 12.3 Å². The number of amides is 1. The van der Waals surface area contributed by atoms with E-state index in [2.05, 4.69) is 41.7 Å². The molecule has 0 unspecified atom stereocenters. The van der Waals surface area contributed by atoms with Crippen molar-refractivity contribution in [1.29, 1.82) is 0 Å². The van der Waals surface area contributed by atoms with Gasteiger partial charge in [-0.05, 0) is 53.6 Å². The third kappa shape index (κ3) is 2.24. The molecule has 0 spiro atoms. The topological polar surface area (TPSA) is 38.3 Å². The first-order valence-electron chi connectivity index (χ1n) is 7.45. The minimum absolute atomic E-state index is 0.0250. The second-order valence-corrected chi connectivity index (χ2v) is 5.70. The van der Waals surface area contributed by atoms with Crippen LogP contribution in [0.15, 0.2) is 42.5 Å². The molecule has 21 heavy (non-hydrogen) atoms. The molecule has 2 aromatic rings. The first kappa shape index (κ1) is 12.6. The number of anilines is 1. The highest BCUT2D eigenvalue weighted by Gasteiger charge is 2.24. The number of carbonyl (C=O) groups is 1. The van der Waals surface area contributed by atoms with Crippen molar-refractivity contribution in [2.45, 2.75) is 25.4 Å². The van der Waals surface area contributed by atoms with Crippen molar-refractivity contribution in [2.75, 3.05) is 11.9 Å².